The minimum atomic E-state index is -0.00554. The lowest BCUT2D eigenvalue weighted by Gasteiger charge is -2.27. The van der Waals surface area contributed by atoms with Crippen LogP contribution in [0.4, 0.5) is 0 Å². The van der Waals surface area contributed by atoms with E-state index in [2.05, 4.69) is 22.0 Å². The zero-order valence-electron chi connectivity index (χ0n) is 12.4. The Balaban J connectivity index is 1.78. The van der Waals surface area contributed by atoms with E-state index in [0.717, 1.165) is 60.4 Å². The average molecular weight is 310 g/mol. The van der Waals surface area contributed by atoms with E-state index >= 15 is 0 Å². The second-order valence-electron chi connectivity index (χ2n) is 5.41. The molecule has 7 heteroatoms. The molecule has 0 radical (unpaired) electrons. The van der Waals surface area contributed by atoms with Gasteiger partial charge in [-0.15, -0.1) is 0 Å². The molecule has 2 aromatic heterocycles. The molecule has 3 rings (SSSR count). The van der Waals surface area contributed by atoms with Crippen molar-refractivity contribution in [3.63, 3.8) is 0 Å². The van der Waals surface area contributed by atoms with Crippen LogP contribution in [0.5, 0.6) is 0 Å². The average Bonchev–Trinajstić information content (AvgIpc) is 3.02. The number of rotatable bonds is 4. The Bertz CT molecular complexity index is 648. The Labute approximate surface area is 128 Å². The van der Waals surface area contributed by atoms with Crippen molar-refractivity contribution in [3.05, 3.63) is 33.9 Å². The molecule has 0 aliphatic carbocycles. The van der Waals surface area contributed by atoms with Crippen LogP contribution in [0.1, 0.15) is 29.6 Å². The normalized spacial score (nSPS) is 15.4. The zero-order chi connectivity index (χ0) is 15.0. The van der Waals surface area contributed by atoms with E-state index in [1.165, 1.54) is 0 Å². The molecular weight excluding hydrogens is 290 g/mol. The van der Waals surface area contributed by atoms with E-state index in [1.807, 2.05) is 17.8 Å². The first-order valence-corrected chi connectivity index (χ1v) is 7.59. The topological polar surface area (TPSA) is 59.1 Å². The fourth-order valence-electron chi connectivity index (χ4n) is 2.86. The first-order chi connectivity index (χ1) is 10.1. The number of aryl methyl sites for hydroxylation is 2. The molecule has 3 heterocycles. The van der Waals surface area contributed by atoms with Crippen molar-refractivity contribution in [1.82, 2.24) is 24.5 Å². The fraction of sp³-hybridized carbons (Fsp3) is 0.571. The maximum atomic E-state index is 9.18. The van der Waals surface area contributed by atoms with Crippen molar-refractivity contribution in [1.29, 1.82) is 0 Å². The van der Waals surface area contributed by atoms with Gasteiger partial charge < -0.3 is 5.11 Å². The molecule has 0 unspecified atom stereocenters. The quantitative estimate of drug-likeness (QED) is 0.926. The summed E-state index contributed by atoms with van der Waals surface area (Å²) in [6.07, 6.45) is 0.885. The molecule has 6 nitrogen and oxygen atoms in total. The number of halogens is 1. The van der Waals surface area contributed by atoms with E-state index in [1.54, 1.807) is 4.68 Å². The number of aliphatic hydroxyl groups is 1. The summed E-state index contributed by atoms with van der Waals surface area (Å²) in [5.74, 6) is 0. The third-order valence-electron chi connectivity index (χ3n) is 3.96. The molecule has 1 aliphatic rings. The molecule has 0 atom stereocenters. The van der Waals surface area contributed by atoms with Gasteiger partial charge in [0.2, 0.25) is 0 Å². The van der Waals surface area contributed by atoms with E-state index in [0.29, 0.717) is 0 Å². The van der Waals surface area contributed by atoms with Crippen molar-refractivity contribution in [3.8, 4) is 0 Å². The molecule has 0 amide bonds. The van der Waals surface area contributed by atoms with Gasteiger partial charge in [0.05, 0.1) is 30.2 Å². The zero-order valence-corrected chi connectivity index (χ0v) is 13.1. The van der Waals surface area contributed by atoms with Crippen LogP contribution in [0.3, 0.4) is 0 Å². The number of fused-ring (bicyclic) bond motifs is 1. The first kappa shape index (κ1) is 14.6. The standard InChI is InChI=1S/C14H20ClN5O/c1-3-13-12(14(15)18(2)17-13)8-19-4-5-20-11(7-19)6-10(9-21)16-20/h6,21H,3-5,7-9H2,1-2H3. The van der Waals surface area contributed by atoms with Gasteiger partial charge in [-0.2, -0.15) is 10.2 Å². The lowest BCUT2D eigenvalue weighted by atomic mass is 10.2. The van der Waals surface area contributed by atoms with Crippen LogP contribution >= 0.6 is 11.6 Å². The fourth-order valence-corrected chi connectivity index (χ4v) is 3.06. The van der Waals surface area contributed by atoms with Crippen molar-refractivity contribution in [2.24, 2.45) is 7.05 Å². The molecule has 1 N–H and O–H groups in total. The van der Waals surface area contributed by atoms with Gasteiger partial charge in [0.1, 0.15) is 5.15 Å². The Kier molecular flexibility index (Phi) is 4.01. The maximum absolute atomic E-state index is 9.18. The first-order valence-electron chi connectivity index (χ1n) is 7.21. The van der Waals surface area contributed by atoms with Crippen molar-refractivity contribution >= 4 is 11.6 Å². The summed E-state index contributed by atoms with van der Waals surface area (Å²) in [6, 6.07) is 1.97. The van der Waals surface area contributed by atoms with E-state index in [-0.39, 0.29) is 6.61 Å². The second kappa shape index (κ2) is 5.79. The highest BCUT2D eigenvalue weighted by atomic mass is 35.5. The number of nitrogens with zero attached hydrogens (tertiary/aromatic N) is 5. The number of hydrogen-bond donors (Lipinski definition) is 1. The minimum Gasteiger partial charge on any atom is -0.390 e. The molecule has 0 saturated heterocycles. The van der Waals surface area contributed by atoms with Crippen LogP contribution in [0.2, 0.25) is 5.15 Å². The maximum Gasteiger partial charge on any atom is 0.131 e. The molecule has 21 heavy (non-hydrogen) atoms. The molecule has 1 aliphatic heterocycles. The summed E-state index contributed by atoms with van der Waals surface area (Å²) in [6.45, 7) is 5.48. The largest absolute Gasteiger partial charge is 0.390 e. The lowest BCUT2D eigenvalue weighted by molar-refractivity contribution is 0.204. The Morgan fingerprint density at radius 1 is 1.33 bits per heavy atom. The molecule has 2 aromatic rings. The van der Waals surface area contributed by atoms with Gasteiger partial charge in [-0.3, -0.25) is 14.3 Å². The molecule has 114 valence electrons. The van der Waals surface area contributed by atoms with Gasteiger partial charge >= 0.3 is 0 Å². The molecule has 0 fully saturated rings. The molecule has 0 aromatic carbocycles. The summed E-state index contributed by atoms with van der Waals surface area (Å²) in [5, 5.41) is 18.7. The van der Waals surface area contributed by atoms with Crippen LogP contribution in [0, 0.1) is 0 Å². The summed E-state index contributed by atoms with van der Waals surface area (Å²) >= 11 is 6.36. The van der Waals surface area contributed by atoms with Crippen LogP contribution in [-0.4, -0.2) is 36.1 Å². The van der Waals surface area contributed by atoms with E-state index in [4.69, 9.17) is 11.6 Å². The number of aromatic nitrogens is 4. The van der Waals surface area contributed by atoms with E-state index in [9.17, 15) is 5.11 Å². The summed E-state index contributed by atoms with van der Waals surface area (Å²) in [7, 11) is 1.88. The summed E-state index contributed by atoms with van der Waals surface area (Å²) in [4.78, 5) is 2.35. The van der Waals surface area contributed by atoms with Gasteiger partial charge in [-0.05, 0) is 12.5 Å². The second-order valence-corrected chi connectivity index (χ2v) is 5.77. The van der Waals surface area contributed by atoms with Gasteiger partial charge in [-0.25, -0.2) is 0 Å². The highest BCUT2D eigenvalue weighted by molar-refractivity contribution is 6.30. The van der Waals surface area contributed by atoms with Gasteiger partial charge in [0.15, 0.2) is 0 Å². The van der Waals surface area contributed by atoms with Crippen molar-refractivity contribution < 1.29 is 5.11 Å². The van der Waals surface area contributed by atoms with Crippen LogP contribution < -0.4 is 0 Å². The van der Waals surface area contributed by atoms with Crippen molar-refractivity contribution in [2.45, 2.75) is 39.6 Å². The Morgan fingerprint density at radius 3 is 2.86 bits per heavy atom. The predicted octanol–water partition coefficient (Wildman–Crippen LogP) is 1.34. The van der Waals surface area contributed by atoms with Gasteiger partial charge in [0, 0.05) is 32.2 Å². The number of hydrogen-bond acceptors (Lipinski definition) is 4. The van der Waals surface area contributed by atoms with Crippen molar-refractivity contribution in [2.75, 3.05) is 6.54 Å². The Hall–Kier alpha value is -1.37. The van der Waals surface area contributed by atoms with Gasteiger partial charge in [-0.1, -0.05) is 18.5 Å². The minimum absolute atomic E-state index is 0.00554. The highest BCUT2D eigenvalue weighted by Gasteiger charge is 2.21. The molecule has 0 spiro atoms. The highest BCUT2D eigenvalue weighted by Crippen LogP contribution is 2.24. The van der Waals surface area contributed by atoms with Gasteiger partial charge in [0.25, 0.3) is 0 Å². The number of aliphatic hydroxyl groups excluding tert-OH is 1. The molecule has 0 bridgehead atoms. The summed E-state index contributed by atoms with van der Waals surface area (Å²) in [5.41, 5.74) is 4.07. The summed E-state index contributed by atoms with van der Waals surface area (Å²) < 4.78 is 3.72. The third kappa shape index (κ3) is 2.71. The SMILES string of the molecule is CCc1nn(C)c(Cl)c1CN1CCn2nc(CO)cc2C1. The third-order valence-corrected chi connectivity index (χ3v) is 4.43. The van der Waals surface area contributed by atoms with Crippen LogP contribution in [-0.2, 0) is 39.7 Å². The lowest BCUT2D eigenvalue weighted by Crippen LogP contribution is -2.33. The van der Waals surface area contributed by atoms with E-state index < -0.39 is 0 Å². The molecule has 0 saturated carbocycles. The Morgan fingerprint density at radius 2 is 2.14 bits per heavy atom. The smallest absolute Gasteiger partial charge is 0.131 e. The molecular formula is C14H20ClN5O. The predicted molar refractivity (Wildman–Crippen MR) is 79.9 cm³/mol. The monoisotopic (exact) mass is 309 g/mol. The van der Waals surface area contributed by atoms with Crippen LogP contribution in [0.15, 0.2) is 6.07 Å². The van der Waals surface area contributed by atoms with Crippen LogP contribution in [0.25, 0.3) is 0 Å².